The average molecular weight is 551 g/mol. The number of amides is 1. The van der Waals surface area contributed by atoms with Crippen molar-refractivity contribution >= 4 is 35.8 Å². The number of nitrogens with zero attached hydrogens (tertiary/aromatic N) is 4. The summed E-state index contributed by atoms with van der Waals surface area (Å²) in [7, 11) is 1.70. The lowest BCUT2D eigenvalue weighted by Crippen LogP contribution is -2.57. The standard InChI is InChI=1S/C21H31F2N5O2.HI/c1-16(19(29)27-9-5-6-10-27)26-11-13-28(14-12-26)21(24-2)25-15-17-7-3-4-8-18(17)30-20(22)23;/h3-4,7-8,16,20H,5-6,9-15H2,1-2H3,(H,24,25);1H. The molecule has 174 valence electrons. The molecule has 2 saturated heterocycles. The van der Waals surface area contributed by atoms with Gasteiger partial charge in [0.1, 0.15) is 5.75 Å². The molecule has 0 bridgehead atoms. The van der Waals surface area contributed by atoms with Gasteiger partial charge in [0.2, 0.25) is 5.91 Å². The van der Waals surface area contributed by atoms with Crippen molar-refractivity contribution in [3.63, 3.8) is 0 Å². The zero-order chi connectivity index (χ0) is 21.5. The first kappa shape index (κ1) is 25.6. The Morgan fingerprint density at radius 1 is 1.10 bits per heavy atom. The molecule has 0 saturated carbocycles. The quantitative estimate of drug-likeness (QED) is 0.335. The van der Waals surface area contributed by atoms with E-state index in [1.165, 1.54) is 6.07 Å². The number of carbonyl (C=O) groups is 1. The minimum atomic E-state index is -2.86. The van der Waals surface area contributed by atoms with Crippen molar-refractivity contribution in [2.75, 3.05) is 46.3 Å². The van der Waals surface area contributed by atoms with Crippen LogP contribution in [0.15, 0.2) is 29.3 Å². The minimum absolute atomic E-state index is 0. The number of benzene rings is 1. The molecule has 31 heavy (non-hydrogen) atoms. The summed E-state index contributed by atoms with van der Waals surface area (Å²) in [5.41, 5.74) is 0.641. The predicted molar refractivity (Wildman–Crippen MR) is 127 cm³/mol. The molecule has 0 spiro atoms. The number of likely N-dealkylation sites (tertiary alicyclic amines) is 1. The van der Waals surface area contributed by atoms with Crippen molar-refractivity contribution in [2.24, 2.45) is 4.99 Å². The lowest BCUT2D eigenvalue weighted by atomic mass is 10.2. The van der Waals surface area contributed by atoms with E-state index < -0.39 is 6.61 Å². The number of aliphatic imine (C=N–C) groups is 1. The molecule has 10 heteroatoms. The van der Waals surface area contributed by atoms with Crippen LogP contribution in [0, 0.1) is 0 Å². The second-order valence-corrected chi connectivity index (χ2v) is 7.62. The van der Waals surface area contributed by atoms with Gasteiger partial charge in [-0.25, -0.2) is 0 Å². The van der Waals surface area contributed by atoms with Crippen molar-refractivity contribution < 1.29 is 18.3 Å². The Morgan fingerprint density at radius 3 is 2.35 bits per heavy atom. The van der Waals surface area contributed by atoms with Crippen molar-refractivity contribution in [2.45, 2.75) is 39.0 Å². The van der Waals surface area contributed by atoms with Crippen LogP contribution in [0.25, 0.3) is 0 Å². The number of alkyl halides is 2. The van der Waals surface area contributed by atoms with Crippen LogP contribution in [-0.4, -0.2) is 85.5 Å². The second kappa shape index (κ2) is 12.4. The maximum absolute atomic E-state index is 12.7. The van der Waals surface area contributed by atoms with E-state index in [-0.39, 0.29) is 41.7 Å². The summed E-state index contributed by atoms with van der Waals surface area (Å²) in [6.45, 7) is 4.23. The molecule has 0 aliphatic carbocycles. The number of halogens is 3. The first-order chi connectivity index (χ1) is 14.5. The van der Waals surface area contributed by atoms with E-state index in [0.29, 0.717) is 18.1 Å². The van der Waals surface area contributed by atoms with Gasteiger partial charge in [0.05, 0.1) is 6.04 Å². The summed E-state index contributed by atoms with van der Waals surface area (Å²) in [5.74, 6) is 1.09. The lowest BCUT2D eigenvalue weighted by molar-refractivity contribution is -0.135. The van der Waals surface area contributed by atoms with Gasteiger partial charge in [-0.1, -0.05) is 18.2 Å². The van der Waals surface area contributed by atoms with Crippen LogP contribution in [0.3, 0.4) is 0 Å². The topological polar surface area (TPSA) is 60.4 Å². The van der Waals surface area contributed by atoms with Crippen LogP contribution in [0.1, 0.15) is 25.3 Å². The summed E-state index contributed by atoms with van der Waals surface area (Å²) in [5, 5.41) is 3.24. The predicted octanol–water partition coefficient (Wildman–Crippen LogP) is 2.61. The van der Waals surface area contributed by atoms with Crippen LogP contribution in [0.2, 0.25) is 0 Å². The third kappa shape index (κ3) is 6.90. The second-order valence-electron chi connectivity index (χ2n) is 7.62. The zero-order valence-corrected chi connectivity index (χ0v) is 20.4. The molecule has 2 aliphatic heterocycles. The molecule has 0 aromatic heterocycles. The highest BCUT2D eigenvalue weighted by Gasteiger charge is 2.30. The molecule has 0 radical (unpaired) electrons. The van der Waals surface area contributed by atoms with Gasteiger partial charge in [-0.3, -0.25) is 14.7 Å². The molecule has 2 heterocycles. The molecule has 1 aromatic carbocycles. The fourth-order valence-corrected chi connectivity index (χ4v) is 4.05. The van der Waals surface area contributed by atoms with Crippen LogP contribution in [0.4, 0.5) is 8.78 Å². The highest BCUT2D eigenvalue weighted by molar-refractivity contribution is 14.0. The largest absolute Gasteiger partial charge is 0.434 e. The maximum atomic E-state index is 12.7. The van der Waals surface area contributed by atoms with E-state index in [4.69, 9.17) is 0 Å². The number of guanidine groups is 1. The molecular formula is C21H32F2IN5O2. The molecule has 3 rings (SSSR count). The molecule has 2 fully saturated rings. The summed E-state index contributed by atoms with van der Waals surface area (Å²) in [4.78, 5) is 23.3. The smallest absolute Gasteiger partial charge is 0.387 e. The Morgan fingerprint density at radius 2 is 1.74 bits per heavy atom. The Balaban J connectivity index is 0.00000341. The number of carbonyl (C=O) groups excluding carboxylic acids is 1. The van der Waals surface area contributed by atoms with Crippen molar-refractivity contribution in [1.82, 2.24) is 20.0 Å². The fourth-order valence-electron chi connectivity index (χ4n) is 4.05. The Hall–Kier alpha value is -1.69. The number of rotatable bonds is 6. The van der Waals surface area contributed by atoms with Gasteiger partial charge in [-0.2, -0.15) is 8.78 Å². The molecule has 7 nitrogen and oxygen atoms in total. The highest BCUT2D eigenvalue weighted by atomic mass is 127. The van der Waals surface area contributed by atoms with Gasteiger partial charge in [0.15, 0.2) is 5.96 Å². The van der Waals surface area contributed by atoms with E-state index in [9.17, 15) is 13.6 Å². The number of para-hydroxylation sites is 1. The van der Waals surface area contributed by atoms with E-state index in [1.807, 2.05) is 11.8 Å². The van der Waals surface area contributed by atoms with Crippen molar-refractivity contribution in [3.8, 4) is 5.75 Å². The summed E-state index contributed by atoms with van der Waals surface area (Å²) >= 11 is 0. The van der Waals surface area contributed by atoms with Gasteiger partial charge in [0, 0.05) is 58.4 Å². The number of nitrogens with one attached hydrogen (secondary N) is 1. The molecule has 2 aliphatic rings. The Kier molecular flexibility index (Phi) is 10.2. The molecule has 1 unspecified atom stereocenters. The third-order valence-corrected chi connectivity index (χ3v) is 5.77. The summed E-state index contributed by atoms with van der Waals surface area (Å²) in [6, 6.07) is 6.62. The third-order valence-electron chi connectivity index (χ3n) is 5.77. The molecular weight excluding hydrogens is 519 g/mol. The fraction of sp³-hybridized carbons (Fsp3) is 0.619. The van der Waals surface area contributed by atoms with Gasteiger partial charge in [0.25, 0.3) is 0 Å². The van der Waals surface area contributed by atoms with E-state index in [0.717, 1.165) is 52.1 Å². The normalized spacial score (nSPS) is 18.7. The molecule has 1 aromatic rings. The van der Waals surface area contributed by atoms with Crippen LogP contribution < -0.4 is 10.1 Å². The zero-order valence-electron chi connectivity index (χ0n) is 18.1. The van der Waals surface area contributed by atoms with Crippen LogP contribution in [-0.2, 0) is 11.3 Å². The van der Waals surface area contributed by atoms with Crippen LogP contribution in [0.5, 0.6) is 5.75 Å². The first-order valence-corrected chi connectivity index (χ1v) is 10.5. The number of piperazine rings is 1. The number of hydrogen-bond donors (Lipinski definition) is 1. The molecule has 1 atom stereocenters. The van der Waals surface area contributed by atoms with E-state index in [1.54, 1.807) is 25.2 Å². The van der Waals surface area contributed by atoms with Gasteiger partial charge in [-0.15, -0.1) is 24.0 Å². The monoisotopic (exact) mass is 551 g/mol. The van der Waals surface area contributed by atoms with Crippen molar-refractivity contribution in [1.29, 1.82) is 0 Å². The van der Waals surface area contributed by atoms with E-state index in [2.05, 4.69) is 24.8 Å². The summed E-state index contributed by atoms with van der Waals surface area (Å²) < 4.78 is 29.8. The first-order valence-electron chi connectivity index (χ1n) is 10.5. The van der Waals surface area contributed by atoms with Gasteiger partial charge >= 0.3 is 6.61 Å². The minimum Gasteiger partial charge on any atom is -0.434 e. The number of hydrogen-bond acceptors (Lipinski definition) is 4. The Bertz CT molecular complexity index is 738. The maximum Gasteiger partial charge on any atom is 0.387 e. The SMILES string of the molecule is CN=C(NCc1ccccc1OC(F)F)N1CCN(C(C)C(=O)N2CCCC2)CC1.I. The average Bonchev–Trinajstić information content (AvgIpc) is 3.29. The molecule has 1 amide bonds. The van der Waals surface area contributed by atoms with Crippen molar-refractivity contribution in [3.05, 3.63) is 29.8 Å². The lowest BCUT2D eigenvalue weighted by Gasteiger charge is -2.39. The van der Waals surface area contributed by atoms with Crippen LogP contribution >= 0.6 is 24.0 Å². The molecule has 1 N–H and O–H groups in total. The summed E-state index contributed by atoms with van der Waals surface area (Å²) in [6.07, 6.45) is 2.19. The van der Waals surface area contributed by atoms with E-state index >= 15 is 0 Å². The van der Waals surface area contributed by atoms with Gasteiger partial charge < -0.3 is 19.9 Å². The highest BCUT2D eigenvalue weighted by Crippen LogP contribution is 2.20. The Labute approximate surface area is 199 Å². The van der Waals surface area contributed by atoms with Gasteiger partial charge in [-0.05, 0) is 25.8 Å². The number of ether oxygens (including phenoxy) is 1.